The molecule has 1 fully saturated rings. The van der Waals surface area contributed by atoms with Crippen LogP contribution in [0.1, 0.15) is 47.5 Å². The number of nitrogens with one attached hydrogen (secondary N) is 1. The van der Waals surface area contributed by atoms with Crippen LogP contribution in [-0.2, 0) is 0 Å². The average Bonchev–Trinajstić information content (AvgIpc) is 2.20. The minimum atomic E-state index is 0.654. The first-order valence-corrected chi connectivity index (χ1v) is 6.97. The van der Waals surface area contributed by atoms with Crippen molar-refractivity contribution in [2.75, 3.05) is 19.6 Å². The van der Waals surface area contributed by atoms with E-state index in [1.165, 1.54) is 32.5 Å². The molecule has 0 aromatic rings. The zero-order valence-corrected chi connectivity index (χ0v) is 11.8. The van der Waals surface area contributed by atoms with Crippen LogP contribution in [0.25, 0.3) is 0 Å². The van der Waals surface area contributed by atoms with Crippen LogP contribution in [0.15, 0.2) is 0 Å². The lowest BCUT2D eigenvalue weighted by atomic mass is 10.00. The highest BCUT2D eigenvalue weighted by Gasteiger charge is 2.21. The Kier molecular flexibility index (Phi) is 5.77. The summed E-state index contributed by atoms with van der Waals surface area (Å²) in [6, 6.07) is 1.41. The van der Waals surface area contributed by atoms with Gasteiger partial charge in [0.2, 0.25) is 0 Å². The molecule has 0 spiro atoms. The zero-order chi connectivity index (χ0) is 12.1. The van der Waals surface area contributed by atoms with Crippen LogP contribution in [0.4, 0.5) is 0 Å². The summed E-state index contributed by atoms with van der Waals surface area (Å²) in [6.07, 6.45) is 2.65. The van der Waals surface area contributed by atoms with E-state index in [1.54, 1.807) is 0 Å². The fourth-order valence-electron chi connectivity index (χ4n) is 2.36. The van der Waals surface area contributed by atoms with Crippen molar-refractivity contribution < 1.29 is 0 Å². The van der Waals surface area contributed by atoms with Gasteiger partial charge >= 0.3 is 0 Å². The Morgan fingerprint density at radius 2 is 1.62 bits per heavy atom. The van der Waals surface area contributed by atoms with Gasteiger partial charge in [0.1, 0.15) is 0 Å². The van der Waals surface area contributed by atoms with Gasteiger partial charge in [0, 0.05) is 18.6 Å². The van der Waals surface area contributed by atoms with Gasteiger partial charge in [0.15, 0.2) is 0 Å². The predicted octanol–water partition coefficient (Wildman–Crippen LogP) is 2.74. The summed E-state index contributed by atoms with van der Waals surface area (Å²) >= 11 is 0. The second-order valence-corrected chi connectivity index (χ2v) is 6.17. The zero-order valence-electron chi connectivity index (χ0n) is 11.8. The second-order valence-electron chi connectivity index (χ2n) is 6.17. The van der Waals surface area contributed by atoms with E-state index in [2.05, 4.69) is 44.8 Å². The van der Waals surface area contributed by atoms with Gasteiger partial charge in [-0.05, 0) is 44.7 Å². The third-order valence-corrected chi connectivity index (χ3v) is 3.71. The van der Waals surface area contributed by atoms with Crippen molar-refractivity contribution in [1.29, 1.82) is 0 Å². The normalized spacial score (nSPS) is 21.9. The monoisotopic (exact) mass is 226 g/mol. The van der Waals surface area contributed by atoms with Gasteiger partial charge in [-0.25, -0.2) is 0 Å². The molecule has 96 valence electrons. The molecule has 2 nitrogen and oxygen atoms in total. The first kappa shape index (κ1) is 14.0. The third-order valence-electron chi connectivity index (χ3n) is 3.71. The van der Waals surface area contributed by atoms with Gasteiger partial charge in [-0.1, -0.05) is 27.7 Å². The molecule has 0 aromatic carbocycles. The molecule has 1 saturated heterocycles. The SMILES string of the molecule is CC(C)CN1CCC(N[C@H](C)C(C)C)CC1. The summed E-state index contributed by atoms with van der Waals surface area (Å²) in [5.41, 5.74) is 0. The predicted molar refractivity (Wildman–Crippen MR) is 71.7 cm³/mol. The highest BCUT2D eigenvalue weighted by molar-refractivity contribution is 4.80. The van der Waals surface area contributed by atoms with E-state index in [4.69, 9.17) is 0 Å². The van der Waals surface area contributed by atoms with E-state index >= 15 is 0 Å². The second kappa shape index (κ2) is 6.61. The lowest BCUT2D eigenvalue weighted by Crippen LogP contribution is -2.47. The molecule has 0 aliphatic carbocycles. The maximum absolute atomic E-state index is 3.77. The highest BCUT2D eigenvalue weighted by atomic mass is 15.1. The van der Waals surface area contributed by atoms with Gasteiger partial charge in [-0.3, -0.25) is 0 Å². The molecular formula is C14H30N2. The lowest BCUT2D eigenvalue weighted by Gasteiger charge is -2.35. The smallest absolute Gasteiger partial charge is 0.00939 e. The standard InChI is InChI=1S/C14H30N2/c1-11(2)10-16-8-6-14(7-9-16)15-13(5)12(3)4/h11-15H,6-10H2,1-5H3/t13-/m1/s1. The van der Waals surface area contributed by atoms with E-state index in [0.717, 1.165) is 17.9 Å². The number of rotatable bonds is 5. The Morgan fingerprint density at radius 1 is 1.06 bits per heavy atom. The first-order valence-electron chi connectivity index (χ1n) is 6.97. The Balaban J connectivity index is 2.21. The number of nitrogens with zero attached hydrogens (tertiary/aromatic N) is 1. The van der Waals surface area contributed by atoms with Crippen molar-refractivity contribution in [3.63, 3.8) is 0 Å². The van der Waals surface area contributed by atoms with Crippen molar-refractivity contribution >= 4 is 0 Å². The summed E-state index contributed by atoms with van der Waals surface area (Å²) in [6.45, 7) is 15.4. The van der Waals surface area contributed by atoms with Crippen LogP contribution < -0.4 is 5.32 Å². The lowest BCUT2D eigenvalue weighted by molar-refractivity contribution is 0.171. The molecule has 1 aliphatic rings. The molecule has 16 heavy (non-hydrogen) atoms. The highest BCUT2D eigenvalue weighted by Crippen LogP contribution is 2.14. The van der Waals surface area contributed by atoms with E-state index in [0.29, 0.717) is 6.04 Å². The molecule has 0 radical (unpaired) electrons. The van der Waals surface area contributed by atoms with Crippen molar-refractivity contribution in [2.24, 2.45) is 11.8 Å². The van der Waals surface area contributed by atoms with Crippen molar-refractivity contribution in [1.82, 2.24) is 10.2 Å². The van der Waals surface area contributed by atoms with Crippen molar-refractivity contribution in [2.45, 2.75) is 59.5 Å². The maximum Gasteiger partial charge on any atom is 0.00939 e. The van der Waals surface area contributed by atoms with Gasteiger partial charge in [-0.15, -0.1) is 0 Å². The minimum Gasteiger partial charge on any atom is -0.311 e. The summed E-state index contributed by atoms with van der Waals surface area (Å²) in [5, 5.41) is 3.77. The van der Waals surface area contributed by atoms with Crippen LogP contribution in [-0.4, -0.2) is 36.6 Å². The first-order chi connectivity index (χ1) is 7.49. The van der Waals surface area contributed by atoms with Crippen LogP contribution in [0, 0.1) is 11.8 Å². The third kappa shape index (κ3) is 4.84. The molecule has 0 saturated carbocycles. The quantitative estimate of drug-likeness (QED) is 0.775. The Labute approximate surface area is 102 Å². The van der Waals surface area contributed by atoms with Crippen molar-refractivity contribution in [3.05, 3.63) is 0 Å². The molecule has 0 amide bonds. The van der Waals surface area contributed by atoms with Gasteiger partial charge in [-0.2, -0.15) is 0 Å². The summed E-state index contributed by atoms with van der Waals surface area (Å²) in [7, 11) is 0. The fourth-order valence-corrected chi connectivity index (χ4v) is 2.36. The van der Waals surface area contributed by atoms with Crippen LogP contribution in [0.2, 0.25) is 0 Å². The Bertz CT molecular complexity index is 181. The molecular weight excluding hydrogens is 196 g/mol. The summed E-state index contributed by atoms with van der Waals surface area (Å²) in [4.78, 5) is 2.61. The van der Waals surface area contributed by atoms with E-state index < -0.39 is 0 Å². The fraction of sp³-hybridized carbons (Fsp3) is 1.00. The molecule has 1 aliphatic heterocycles. The number of likely N-dealkylation sites (tertiary alicyclic amines) is 1. The van der Waals surface area contributed by atoms with Gasteiger partial charge in [0.25, 0.3) is 0 Å². The number of hydrogen-bond donors (Lipinski definition) is 1. The van der Waals surface area contributed by atoms with E-state index in [-0.39, 0.29) is 0 Å². The largest absolute Gasteiger partial charge is 0.311 e. The molecule has 0 aromatic heterocycles. The van der Waals surface area contributed by atoms with Crippen LogP contribution in [0.5, 0.6) is 0 Å². The topological polar surface area (TPSA) is 15.3 Å². The average molecular weight is 226 g/mol. The Morgan fingerprint density at radius 3 is 2.06 bits per heavy atom. The summed E-state index contributed by atoms with van der Waals surface area (Å²) in [5.74, 6) is 1.55. The van der Waals surface area contributed by atoms with Crippen LogP contribution >= 0.6 is 0 Å². The van der Waals surface area contributed by atoms with Crippen LogP contribution in [0.3, 0.4) is 0 Å². The van der Waals surface area contributed by atoms with Gasteiger partial charge in [0.05, 0.1) is 0 Å². The number of hydrogen-bond acceptors (Lipinski definition) is 2. The van der Waals surface area contributed by atoms with E-state index in [9.17, 15) is 0 Å². The molecule has 1 N–H and O–H groups in total. The minimum absolute atomic E-state index is 0.654. The molecule has 1 atom stereocenters. The number of piperidine rings is 1. The van der Waals surface area contributed by atoms with Gasteiger partial charge < -0.3 is 10.2 Å². The molecule has 1 heterocycles. The maximum atomic E-state index is 3.77. The molecule has 0 unspecified atom stereocenters. The van der Waals surface area contributed by atoms with Crippen molar-refractivity contribution in [3.8, 4) is 0 Å². The Hall–Kier alpha value is -0.0800. The molecule has 0 bridgehead atoms. The van der Waals surface area contributed by atoms with E-state index in [1.807, 2.05) is 0 Å². The summed E-state index contributed by atoms with van der Waals surface area (Å²) < 4.78 is 0. The molecule has 2 heteroatoms. The molecule has 1 rings (SSSR count).